The van der Waals surface area contributed by atoms with E-state index in [1.54, 1.807) is 16.8 Å². The minimum absolute atomic E-state index is 0.313. The van der Waals surface area contributed by atoms with Crippen LogP contribution in [0.4, 0.5) is 4.39 Å². The molecule has 0 aliphatic heterocycles. The lowest BCUT2D eigenvalue weighted by Gasteiger charge is -2.27. The molecule has 0 radical (unpaired) electrons. The van der Waals surface area contributed by atoms with Crippen molar-refractivity contribution in [3.8, 4) is 17.3 Å². The molecule has 0 unspecified atom stereocenters. The van der Waals surface area contributed by atoms with Gasteiger partial charge < -0.3 is 9.84 Å². The first kappa shape index (κ1) is 24.7. The predicted octanol–water partition coefficient (Wildman–Crippen LogP) is 5.90. The van der Waals surface area contributed by atoms with Gasteiger partial charge in [-0.2, -0.15) is 5.10 Å². The summed E-state index contributed by atoms with van der Waals surface area (Å²) in [6.07, 6.45) is 2.85. The van der Waals surface area contributed by atoms with Crippen LogP contribution in [-0.4, -0.2) is 39.0 Å². The molecular weight excluding hydrogens is 417 g/mol. The molecule has 1 atom stereocenters. The first-order valence-corrected chi connectivity index (χ1v) is 11.5. The van der Waals surface area contributed by atoms with Gasteiger partial charge in [0.2, 0.25) is 5.88 Å². The smallest absolute Gasteiger partial charge is 0.227 e. The maximum atomic E-state index is 13.4. The second kappa shape index (κ2) is 11.8. The van der Waals surface area contributed by atoms with Gasteiger partial charge in [0.25, 0.3) is 0 Å². The number of aliphatic hydroxyl groups is 1. The molecule has 0 spiro atoms. The molecule has 0 saturated heterocycles. The summed E-state index contributed by atoms with van der Waals surface area (Å²) in [5.41, 5.74) is 2.68. The predicted molar refractivity (Wildman–Crippen MR) is 130 cm³/mol. The highest BCUT2D eigenvalue weighted by atomic mass is 19.1. The zero-order valence-corrected chi connectivity index (χ0v) is 19.7. The van der Waals surface area contributed by atoms with Gasteiger partial charge >= 0.3 is 0 Å². The Kier molecular flexibility index (Phi) is 8.80. The van der Waals surface area contributed by atoms with Crippen LogP contribution in [0.5, 0.6) is 11.6 Å². The van der Waals surface area contributed by atoms with E-state index < -0.39 is 6.10 Å². The van der Waals surface area contributed by atoms with E-state index >= 15 is 0 Å². The van der Waals surface area contributed by atoms with Crippen molar-refractivity contribution in [2.24, 2.45) is 5.92 Å². The summed E-state index contributed by atoms with van der Waals surface area (Å²) in [7, 11) is 0. The molecule has 5 nitrogen and oxygen atoms in total. The highest BCUT2D eigenvalue weighted by molar-refractivity contribution is 5.43. The Morgan fingerprint density at radius 3 is 2.45 bits per heavy atom. The van der Waals surface area contributed by atoms with Crippen molar-refractivity contribution in [3.05, 3.63) is 84.3 Å². The normalized spacial score (nSPS) is 12.3. The van der Waals surface area contributed by atoms with Crippen molar-refractivity contribution in [1.29, 1.82) is 0 Å². The number of para-hydroxylation sites is 1. The van der Waals surface area contributed by atoms with E-state index in [0.717, 1.165) is 29.9 Å². The first-order valence-electron chi connectivity index (χ1n) is 11.5. The fraction of sp³-hybridized carbons (Fsp3) is 0.370. The number of aromatic nitrogens is 2. The number of benzene rings is 2. The van der Waals surface area contributed by atoms with Gasteiger partial charge in [0, 0.05) is 19.6 Å². The highest BCUT2D eigenvalue weighted by Gasteiger charge is 2.23. The van der Waals surface area contributed by atoms with Gasteiger partial charge in [-0.3, -0.25) is 4.90 Å². The highest BCUT2D eigenvalue weighted by Crippen LogP contribution is 2.32. The summed E-state index contributed by atoms with van der Waals surface area (Å²) in [4.78, 5) is 2.25. The lowest BCUT2D eigenvalue weighted by Crippen LogP contribution is -2.35. The lowest BCUT2D eigenvalue weighted by molar-refractivity contribution is 0.0952. The average Bonchev–Trinajstić information content (AvgIpc) is 3.09. The zero-order chi connectivity index (χ0) is 23.8. The third kappa shape index (κ3) is 7.01. The van der Waals surface area contributed by atoms with Crippen LogP contribution in [0, 0.1) is 18.7 Å². The average molecular weight is 452 g/mol. The lowest BCUT2D eigenvalue weighted by atomic mass is 10.1. The SMILES string of the molecule is C=CCC[C@@H](O)CN(Cc1c(C)nn(-c2ccccc2)c1Oc1ccc(F)cc1)CC(C)C. The molecule has 3 rings (SSSR count). The topological polar surface area (TPSA) is 50.5 Å². The molecule has 1 N–H and O–H groups in total. The van der Waals surface area contributed by atoms with Crippen LogP contribution >= 0.6 is 0 Å². The molecular formula is C27H34FN3O2. The molecule has 0 aliphatic rings. The number of rotatable bonds is 12. The molecule has 0 saturated carbocycles. The van der Waals surface area contributed by atoms with Crippen molar-refractivity contribution >= 4 is 0 Å². The molecule has 1 aromatic heterocycles. The molecule has 6 heteroatoms. The summed E-state index contributed by atoms with van der Waals surface area (Å²) in [5.74, 6) is 1.25. The second-order valence-corrected chi connectivity index (χ2v) is 8.78. The largest absolute Gasteiger partial charge is 0.439 e. The number of halogens is 1. The quantitative estimate of drug-likeness (QED) is 0.349. The molecule has 0 bridgehead atoms. The Morgan fingerprint density at radius 2 is 1.82 bits per heavy atom. The van der Waals surface area contributed by atoms with E-state index in [9.17, 15) is 9.50 Å². The molecule has 0 aliphatic carbocycles. The summed E-state index contributed by atoms with van der Waals surface area (Å²) in [6.45, 7) is 12.0. The van der Waals surface area contributed by atoms with Crippen molar-refractivity contribution < 1.29 is 14.2 Å². The van der Waals surface area contributed by atoms with Crippen LogP contribution < -0.4 is 4.74 Å². The maximum absolute atomic E-state index is 13.4. The van der Waals surface area contributed by atoms with Gasteiger partial charge in [0.05, 0.1) is 23.0 Å². The van der Waals surface area contributed by atoms with Gasteiger partial charge in [0.15, 0.2) is 0 Å². The maximum Gasteiger partial charge on any atom is 0.227 e. The van der Waals surface area contributed by atoms with E-state index in [1.807, 2.05) is 43.3 Å². The standard InChI is InChI=1S/C27H34FN3O2/c1-5-6-12-24(32)18-30(17-20(2)3)19-26-21(4)29-31(23-10-8-7-9-11-23)27(26)33-25-15-13-22(28)14-16-25/h5,7-11,13-16,20,24,32H,1,6,12,17-19H2,2-4H3/t24-/m1/s1. The molecule has 3 aromatic rings. The van der Waals surface area contributed by atoms with Crippen LogP contribution in [-0.2, 0) is 6.54 Å². The summed E-state index contributed by atoms with van der Waals surface area (Å²) in [5, 5.41) is 15.3. The first-order chi connectivity index (χ1) is 15.9. The van der Waals surface area contributed by atoms with Gasteiger partial charge in [-0.25, -0.2) is 9.07 Å². The number of aliphatic hydroxyl groups excluding tert-OH is 1. The summed E-state index contributed by atoms with van der Waals surface area (Å²) in [6, 6.07) is 15.8. The fourth-order valence-electron chi connectivity index (χ4n) is 3.83. The number of nitrogens with zero attached hydrogens (tertiary/aromatic N) is 3. The Bertz CT molecular complexity index is 1020. The van der Waals surface area contributed by atoms with Gasteiger partial charge in [-0.05, 0) is 62.1 Å². The van der Waals surface area contributed by atoms with Crippen molar-refractivity contribution in [2.45, 2.75) is 46.3 Å². The van der Waals surface area contributed by atoms with Gasteiger partial charge in [-0.1, -0.05) is 38.1 Å². The third-order valence-electron chi connectivity index (χ3n) is 5.34. The Hall–Kier alpha value is -2.96. The third-order valence-corrected chi connectivity index (χ3v) is 5.34. The molecule has 1 heterocycles. The molecule has 176 valence electrons. The molecule has 0 fully saturated rings. The number of hydrogen-bond donors (Lipinski definition) is 1. The fourth-order valence-corrected chi connectivity index (χ4v) is 3.83. The van der Waals surface area contributed by atoms with E-state index in [-0.39, 0.29) is 5.82 Å². The van der Waals surface area contributed by atoms with Crippen LogP contribution in [0.2, 0.25) is 0 Å². The van der Waals surface area contributed by atoms with Crippen molar-refractivity contribution in [1.82, 2.24) is 14.7 Å². The summed E-state index contributed by atoms with van der Waals surface area (Å²) < 4.78 is 21.5. The number of ether oxygens (including phenoxy) is 1. The van der Waals surface area contributed by atoms with Crippen molar-refractivity contribution in [3.63, 3.8) is 0 Å². The Morgan fingerprint density at radius 1 is 1.12 bits per heavy atom. The minimum atomic E-state index is -0.437. The monoisotopic (exact) mass is 451 g/mol. The Labute approximate surface area is 196 Å². The van der Waals surface area contributed by atoms with E-state index in [2.05, 4.69) is 25.3 Å². The molecule has 2 aromatic carbocycles. The number of allylic oxidation sites excluding steroid dienone is 1. The van der Waals surface area contributed by atoms with E-state index in [1.165, 1.54) is 12.1 Å². The zero-order valence-electron chi connectivity index (χ0n) is 19.7. The second-order valence-electron chi connectivity index (χ2n) is 8.78. The molecule has 0 amide bonds. The van der Waals surface area contributed by atoms with Crippen LogP contribution in [0.15, 0.2) is 67.3 Å². The van der Waals surface area contributed by atoms with Crippen LogP contribution in [0.3, 0.4) is 0 Å². The van der Waals surface area contributed by atoms with Crippen molar-refractivity contribution in [2.75, 3.05) is 13.1 Å². The molecule has 33 heavy (non-hydrogen) atoms. The van der Waals surface area contributed by atoms with Gasteiger partial charge in [-0.15, -0.1) is 6.58 Å². The summed E-state index contributed by atoms with van der Waals surface area (Å²) >= 11 is 0. The Balaban J connectivity index is 1.96. The number of hydrogen-bond acceptors (Lipinski definition) is 4. The van der Waals surface area contributed by atoms with Crippen LogP contribution in [0.25, 0.3) is 5.69 Å². The van der Waals surface area contributed by atoms with Gasteiger partial charge in [0.1, 0.15) is 11.6 Å². The van der Waals surface area contributed by atoms with E-state index in [4.69, 9.17) is 9.84 Å². The number of aryl methyl sites for hydroxylation is 1. The van der Waals surface area contributed by atoms with E-state index in [0.29, 0.717) is 37.1 Å². The minimum Gasteiger partial charge on any atom is -0.439 e. The van der Waals surface area contributed by atoms with Crippen LogP contribution in [0.1, 0.15) is 37.9 Å².